The van der Waals surface area contributed by atoms with Crippen LogP contribution in [-0.4, -0.2) is 33.4 Å². The zero-order chi connectivity index (χ0) is 25.0. The first-order valence-electron chi connectivity index (χ1n) is 10.5. The Morgan fingerprint density at radius 1 is 1.03 bits per heavy atom. The fourth-order valence-electron chi connectivity index (χ4n) is 3.56. The number of rotatable bonds is 7. The summed E-state index contributed by atoms with van der Waals surface area (Å²) in [7, 11) is -3.73. The minimum Gasteiger partial charge on any atom is -0.452 e. The number of halogens is 2. The molecule has 1 heterocycles. The van der Waals surface area contributed by atoms with Gasteiger partial charge in [-0.1, -0.05) is 30.3 Å². The van der Waals surface area contributed by atoms with Gasteiger partial charge in [0.15, 0.2) is 6.61 Å². The monoisotopic (exact) mass is 498 g/mol. The fraction of sp³-hybridized carbons (Fsp3) is 0.120. The minimum absolute atomic E-state index is 0.121. The summed E-state index contributed by atoms with van der Waals surface area (Å²) in [5, 5.41) is 2.11. The summed E-state index contributed by atoms with van der Waals surface area (Å²) >= 11 is 0. The number of nitrogens with one attached hydrogen (secondary N) is 1. The lowest BCUT2D eigenvalue weighted by Crippen LogP contribution is -2.29. The average Bonchev–Trinajstić information content (AvgIpc) is 3.29. The number of fused-ring (bicyclic) bond motifs is 1. The lowest BCUT2D eigenvalue weighted by Gasteiger charge is -2.19. The zero-order valence-electron chi connectivity index (χ0n) is 18.3. The third-order valence-electron chi connectivity index (χ3n) is 5.27. The first kappa shape index (κ1) is 24.1. The number of benzene rings is 3. The van der Waals surface area contributed by atoms with E-state index in [1.807, 2.05) is 12.1 Å². The van der Waals surface area contributed by atoms with E-state index in [0.29, 0.717) is 24.2 Å². The highest BCUT2D eigenvalue weighted by atomic mass is 32.2. The van der Waals surface area contributed by atoms with Gasteiger partial charge in [0, 0.05) is 18.7 Å². The van der Waals surface area contributed by atoms with Crippen LogP contribution >= 0.6 is 0 Å². The molecule has 4 rings (SSSR count). The molecule has 3 aromatic carbocycles. The second-order valence-corrected chi connectivity index (χ2v) is 9.50. The van der Waals surface area contributed by atoms with Crippen molar-refractivity contribution in [1.82, 2.24) is 0 Å². The lowest BCUT2D eigenvalue weighted by atomic mass is 10.2. The molecule has 0 bridgehead atoms. The molecule has 1 N–H and O–H groups in total. The van der Waals surface area contributed by atoms with Crippen LogP contribution in [0.15, 0.2) is 77.7 Å². The fourth-order valence-corrected chi connectivity index (χ4v) is 5.07. The van der Waals surface area contributed by atoms with Crippen molar-refractivity contribution in [2.24, 2.45) is 0 Å². The third-order valence-corrected chi connectivity index (χ3v) is 7.10. The van der Waals surface area contributed by atoms with E-state index in [0.717, 1.165) is 29.8 Å². The van der Waals surface area contributed by atoms with E-state index in [-0.39, 0.29) is 10.6 Å². The first-order valence-corrected chi connectivity index (χ1v) is 12.0. The van der Waals surface area contributed by atoms with Gasteiger partial charge in [-0.2, -0.15) is 0 Å². The standard InChI is InChI=1S/C25H20F2N2O5S/c26-19-8-11-21(27)22(15-19)28-24(30)16-34-25(31)12-7-17-5-9-20(10-6-17)35(32,33)29-14-13-18-3-1-2-4-23(18)29/h1-12,15H,13-14,16H2,(H,28,30)/b12-7+. The van der Waals surface area contributed by atoms with Gasteiger partial charge in [-0.15, -0.1) is 0 Å². The molecule has 10 heteroatoms. The molecule has 1 amide bonds. The number of sulfonamides is 1. The van der Waals surface area contributed by atoms with Crippen LogP contribution in [0.5, 0.6) is 0 Å². The Labute approximate surface area is 200 Å². The van der Waals surface area contributed by atoms with Crippen molar-refractivity contribution in [3.63, 3.8) is 0 Å². The van der Waals surface area contributed by atoms with Crippen LogP contribution in [0.25, 0.3) is 6.08 Å². The van der Waals surface area contributed by atoms with Crippen LogP contribution in [0, 0.1) is 11.6 Å². The normalized spacial score (nSPS) is 13.0. The maximum Gasteiger partial charge on any atom is 0.331 e. The van der Waals surface area contributed by atoms with Crippen molar-refractivity contribution in [3.8, 4) is 0 Å². The molecule has 3 aromatic rings. The Kier molecular flexibility index (Phi) is 6.92. The van der Waals surface area contributed by atoms with Crippen LogP contribution < -0.4 is 9.62 Å². The number of hydrogen-bond donors (Lipinski definition) is 1. The minimum atomic E-state index is -3.73. The number of esters is 1. The van der Waals surface area contributed by atoms with Gasteiger partial charge in [0.2, 0.25) is 0 Å². The summed E-state index contributed by atoms with van der Waals surface area (Å²) in [5.74, 6) is -3.24. The van der Waals surface area contributed by atoms with Crippen molar-refractivity contribution in [2.45, 2.75) is 11.3 Å². The van der Waals surface area contributed by atoms with Gasteiger partial charge in [-0.05, 0) is 54.0 Å². The van der Waals surface area contributed by atoms with Crippen molar-refractivity contribution in [1.29, 1.82) is 0 Å². The molecule has 0 aromatic heterocycles. The van der Waals surface area contributed by atoms with E-state index in [2.05, 4.69) is 5.32 Å². The van der Waals surface area contributed by atoms with Crippen molar-refractivity contribution >= 4 is 39.4 Å². The quantitative estimate of drug-likeness (QED) is 0.394. The zero-order valence-corrected chi connectivity index (χ0v) is 19.1. The summed E-state index contributed by atoms with van der Waals surface area (Å²) < 4.78 is 59.0. The number of carbonyl (C=O) groups excluding carboxylic acids is 2. The van der Waals surface area contributed by atoms with Gasteiger partial charge in [-0.25, -0.2) is 22.0 Å². The van der Waals surface area contributed by atoms with Gasteiger partial charge in [0.25, 0.3) is 15.9 Å². The average molecular weight is 499 g/mol. The van der Waals surface area contributed by atoms with Crippen LogP contribution in [-0.2, 0) is 30.8 Å². The number of ether oxygens (including phenoxy) is 1. The Morgan fingerprint density at radius 2 is 1.77 bits per heavy atom. The third kappa shape index (κ3) is 5.55. The number of amides is 1. The predicted molar refractivity (Wildman–Crippen MR) is 126 cm³/mol. The van der Waals surface area contributed by atoms with E-state index in [9.17, 15) is 26.8 Å². The molecule has 180 valence electrons. The number of para-hydroxylation sites is 1. The molecule has 1 aliphatic rings. The summed E-state index contributed by atoms with van der Waals surface area (Å²) in [6.45, 7) is -0.331. The van der Waals surface area contributed by atoms with Crippen LogP contribution in [0.2, 0.25) is 0 Å². The molecule has 7 nitrogen and oxygen atoms in total. The smallest absolute Gasteiger partial charge is 0.331 e. The highest BCUT2D eigenvalue weighted by Gasteiger charge is 2.30. The predicted octanol–water partition coefficient (Wildman–Crippen LogP) is 3.91. The van der Waals surface area contributed by atoms with Gasteiger partial charge >= 0.3 is 5.97 Å². The molecule has 0 atom stereocenters. The van der Waals surface area contributed by atoms with Crippen LogP contribution in [0.3, 0.4) is 0 Å². The summed E-state index contributed by atoms with van der Waals surface area (Å²) in [6.07, 6.45) is 3.11. The highest BCUT2D eigenvalue weighted by Crippen LogP contribution is 2.32. The molecular weight excluding hydrogens is 478 g/mol. The summed E-state index contributed by atoms with van der Waals surface area (Å²) in [5.41, 5.74) is 1.82. The molecule has 0 radical (unpaired) electrons. The van der Waals surface area contributed by atoms with Gasteiger partial charge in [0.05, 0.1) is 16.3 Å². The Bertz CT molecular complexity index is 1410. The van der Waals surface area contributed by atoms with Crippen LogP contribution in [0.4, 0.5) is 20.2 Å². The summed E-state index contributed by atoms with van der Waals surface area (Å²) in [6, 6.07) is 15.9. The first-order chi connectivity index (χ1) is 16.7. The van der Waals surface area contributed by atoms with Crippen molar-refractivity contribution in [2.75, 3.05) is 22.8 Å². The van der Waals surface area contributed by atoms with Crippen LogP contribution in [0.1, 0.15) is 11.1 Å². The highest BCUT2D eigenvalue weighted by molar-refractivity contribution is 7.92. The summed E-state index contributed by atoms with van der Waals surface area (Å²) in [4.78, 5) is 23.8. The second-order valence-electron chi connectivity index (χ2n) is 7.64. The van der Waals surface area contributed by atoms with E-state index < -0.39 is 40.1 Å². The van der Waals surface area contributed by atoms with Crippen molar-refractivity contribution in [3.05, 3.63) is 95.6 Å². The molecule has 0 spiro atoms. The van der Waals surface area contributed by atoms with E-state index in [1.165, 1.54) is 34.6 Å². The SMILES string of the molecule is O=C(COC(=O)/C=C/c1ccc(S(=O)(=O)N2CCc3ccccc32)cc1)Nc1cc(F)ccc1F. The number of nitrogens with zero attached hydrogens (tertiary/aromatic N) is 1. The van der Waals surface area contributed by atoms with E-state index in [1.54, 1.807) is 12.1 Å². The Balaban J connectivity index is 1.33. The lowest BCUT2D eigenvalue weighted by molar-refractivity contribution is -0.142. The van der Waals surface area contributed by atoms with E-state index >= 15 is 0 Å². The number of carbonyl (C=O) groups is 2. The largest absolute Gasteiger partial charge is 0.452 e. The topological polar surface area (TPSA) is 92.8 Å². The molecule has 35 heavy (non-hydrogen) atoms. The Hall–Kier alpha value is -4.05. The Morgan fingerprint density at radius 3 is 2.54 bits per heavy atom. The van der Waals surface area contributed by atoms with Gasteiger partial charge in [-0.3, -0.25) is 9.10 Å². The number of anilines is 2. The molecule has 0 unspecified atom stereocenters. The molecule has 0 aliphatic carbocycles. The maximum atomic E-state index is 13.6. The molecule has 1 aliphatic heterocycles. The van der Waals surface area contributed by atoms with Crippen molar-refractivity contribution < 1.29 is 31.5 Å². The number of hydrogen-bond acceptors (Lipinski definition) is 5. The molecular formula is C25H20F2N2O5S. The van der Waals surface area contributed by atoms with Gasteiger partial charge < -0.3 is 10.1 Å². The molecule has 0 saturated heterocycles. The van der Waals surface area contributed by atoms with E-state index in [4.69, 9.17) is 4.74 Å². The molecule has 0 fully saturated rings. The molecule has 0 saturated carbocycles. The second kappa shape index (κ2) is 10.1. The van der Waals surface area contributed by atoms with Gasteiger partial charge in [0.1, 0.15) is 11.6 Å². The maximum absolute atomic E-state index is 13.6.